The van der Waals surface area contributed by atoms with Crippen LogP contribution in [0.2, 0.25) is 0 Å². The summed E-state index contributed by atoms with van der Waals surface area (Å²) in [5, 5.41) is 3.85. The lowest BCUT2D eigenvalue weighted by atomic mass is 9.78. The van der Waals surface area contributed by atoms with E-state index in [0.29, 0.717) is 12.1 Å². The van der Waals surface area contributed by atoms with Gasteiger partial charge in [0.2, 0.25) is 0 Å². The quantitative estimate of drug-likeness (QED) is 0.901. The van der Waals surface area contributed by atoms with Gasteiger partial charge in [0, 0.05) is 23.2 Å². The van der Waals surface area contributed by atoms with Gasteiger partial charge in [0.1, 0.15) is 0 Å². The molecule has 1 amide bonds. The zero-order valence-electron chi connectivity index (χ0n) is 12.5. The highest BCUT2D eigenvalue weighted by atomic mass is 35.5. The van der Waals surface area contributed by atoms with Gasteiger partial charge in [0.25, 0.3) is 5.91 Å². The average Bonchev–Trinajstić information content (AvgIpc) is 2.41. The Labute approximate surface area is 142 Å². The third-order valence-electron chi connectivity index (χ3n) is 4.04. The van der Waals surface area contributed by atoms with Gasteiger partial charge in [0.15, 0.2) is 0 Å². The fraction of sp³-hybridized carbons (Fsp3) is 0.375. The highest BCUT2D eigenvalue weighted by Crippen LogP contribution is 2.28. The van der Waals surface area contributed by atoms with Crippen LogP contribution >= 0.6 is 24.8 Å². The standard InChI is InChI=1S/C16H19N3O.2ClH/c1-11-9-13(12-5-2-3-6-14(12)19-11)15(20)18-10-16(17)7-4-8-16;;/h2-3,5-6,9H,4,7-8,10,17H2,1H3,(H,18,20);2*1H. The fourth-order valence-corrected chi connectivity index (χ4v) is 2.65. The van der Waals surface area contributed by atoms with Crippen molar-refractivity contribution in [2.75, 3.05) is 6.54 Å². The first-order valence-corrected chi connectivity index (χ1v) is 7.01. The Bertz CT molecular complexity index is 671. The number of benzene rings is 1. The Balaban J connectivity index is 0.00000121. The first-order chi connectivity index (χ1) is 9.57. The molecule has 0 saturated heterocycles. The molecule has 1 saturated carbocycles. The Hall–Kier alpha value is -1.36. The number of amides is 1. The number of pyridine rings is 1. The zero-order valence-corrected chi connectivity index (χ0v) is 14.1. The molecule has 22 heavy (non-hydrogen) atoms. The van der Waals surface area contributed by atoms with Gasteiger partial charge in [-0.2, -0.15) is 0 Å². The van der Waals surface area contributed by atoms with Crippen LogP contribution in [0.5, 0.6) is 0 Å². The van der Waals surface area contributed by atoms with Crippen LogP contribution in [-0.2, 0) is 0 Å². The van der Waals surface area contributed by atoms with Crippen molar-refractivity contribution < 1.29 is 4.79 Å². The number of nitrogens with two attached hydrogens (primary N) is 1. The van der Waals surface area contributed by atoms with E-state index in [4.69, 9.17) is 5.73 Å². The fourth-order valence-electron chi connectivity index (χ4n) is 2.65. The van der Waals surface area contributed by atoms with E-state index in [1.165, 1.54) is 0 Å². The van der Waals surface area contributed by atoms with E-state index in [2.05, 4.69) is 10.3 Å². The van der Waals surface area contributed by atoms with Crippen molar-refractivity contribution in [3.8, 4) is 0 Å². The number of hydrogen-bond acceptors (Lipinski definition) is 3. The summed E-state index contributed by atoms with van der Waals surface area (Å²) in [6.45, 7) is 2.45. The van der Waals surface area contributed by atoms with Crippen molar-refractivity contribution in [2.24, 2.45) is 5.73 Å². The molecule has 6 heteroatoms. The first kappa shape index (κ1) is 18.7. The van der Waals surface area contributed by atoms with Gasteiger partial charge >= 0.3 is 0 Å². The lowest BCUT2D eigenvalue weighted by molar-refractivity contribution is 0.0931. The molecule has 3 rings (SSSR count). The molecule has 3 N–H and O–H groups in total. The Morgan fingerprint density at radius 3 is 2.64 bits per heavy atom. The molecule has 1 aromatic heterocycles. The van der Waals surface area contributed by atoms with Crippen LogP contribution < -0.4 is 11.1 Å². The maximum Gasteiger partial charge on any atom is 0.252 e. The Morgan fingerprint density at radius 2 is 2.00 bits per heavy atom. The van der Waals surface area contributed by atoms with Crippen molar-refractivity contribution in [3.05, 3.63) is 41.6 Å². The maximum atomic E-state index is 12.4. The molecule has 0 unspecified atom stereocenters. The Morgan fingerprint density at radius 1 is 1.32 bits per heavy atom. The van der Waals surface area contributed by atoms with Crippen molar-refractivity contribution in [1.29, 1.82) is 0 Å². The van der Waals surface area contributed by atoms with E-state index < -0.39 is 0 Å². The molecule has 0 aliphatic heterocycles. The lowest BCUT2D eigenvalue weighted by Crippen LogP contribution is -2.54. The van der Waals surface area contributed by atoms with E-state index in [0.717, 1.165) is 35.9 Å². The summed E-state index contributed by atoms with van der Waals surface area (Å²) < 4.78 is 0. The summed E-state index contributed by atoms with van der Waals surface area (Å²) >= 11 is 0. The van der Waals surface area contributed by atoms with Crippen LogP contribution in [0.1, 0.15) is 35.3 Å². The summed E-state index contributed by atoms with van der Waals surface area (Å²) in [7, 11) is 0. The molecule has 1 fully saturated rings. The molecule has 0 atom stereocenters. The highest BCUT2D eigenvalue weighted by molar-refractivity contribution is 6.06. The molecule has 0 bridgehead atoms. The minimum Gasteiger partial charge on any atom is -0.350 e. The number of rotatable bonds is 3. The van der Waals surface area contributed by atoms with Crippen molar-refractivity contribution in [1.82, 2.24) is 10.3 Å². The summed E-state index contributed by atoms with van der Waals surface area (Å²) in [5.74, 6) is -0.0663. The van der Waals surface area contributed by atoms with E-state index in [-0.39, 0.29) is 36.3 Å². The average molecular weight is 342 g/mol. The molecule has 1 aliphatic rings. The Kier molecular flexibility index (Phi) is 6.17. The van der Waals surface area contributed by atoms with Gasteiger partial charge < -0.3 is 11.1 Å². The SMILES string of the molecule is Cc1cc(C(=O)NCC2(N)CCC2)c2ccccc2n1.Cl.Cl. The van der Waals surface area contributed by atoms with Gasteiger partial charge in [0.05, 0.1) is 11.1 Å². The first-order valence-electron chi connectivity index (χ1n) is 7.01. The molecule has 4 nitrogen and oxygen atoms in total. The van der Waals surface area contributed by atoms with Crippen LogP contribution in [0.25, 0.3) is 10.9 Å². The second kappa shape index (κ2) is 7.27. The molecule has 0 spiro atoms. The zero-order chi connectivity index (χ0) is 14.2. The van der Waals surface area contributed by atoms with Crippen LogP contribution in [0.4, 0.5) is 0 Å². The van der Waals surface area contributed by atoms with Gasteiger partial charge in [-0.05, 0) is 38.3 Å². The van der Waals surface area contributed by atoms with Gasteiger partial charge in [-0.3, -0.25) is 9.78 Å². The third-order valence-corrected chi connectivity index (χ3v) is 4.04. The van der Waals surface area contributed by atoms with Crippen LogP contribution in [-0.4, -0.2) is 23.0 Å². The minimum absolute atomic E-state index is 0. The lowest BCUT2D eigenvalue weighted by Gasteiger charge is -2.38. The largest absolute Gasteiger partial charge is 0.350 e. The normalized spacial score (nSPS) is 15.2. The molecular formula is C16H21Cl2N3O. The number of aromatic nitrogens is 1. The van der Waals surface area contributed by atoms with Crippen LogP contribution in [0, 0.1) is 6.92 Å². The predicted octanol–water partition coefficient (Wildman–Crippen LogP) is 3.00. The van der Waals surface area contributed by atoms with Crippen molar-refractivity contribution in [2.45, 2.75) is 31.7 Å². The van der Waals surface area contributed by atoms with Gasteiger partial charge in [-0.1, -0.05) is 18.2 Å². The van der Waals surface area contributed by atoms with Crippen molar-refractivity contribution >= 4 is 41.6 Å². The molecular weight excluding hydrogens is 321 g/mol. The van der Waals surface area contributed by atoms with Crippen LogP contribution in [0.15, 0.2) is 30.3 Å². The number of nitrogens with one attached hydrogen (secondary N) is 1. The van der Waals surface area contributed by atoms with Crippen LogP contribution in [0.3, 0.4) is 0 Å². The maximum absolute atomic E-state index is 12.4. The van der Waals surface area contributed by atoms with E-state index in [1.807, 2.05) is 37.3 Å². The molecule has 120 valence electrons. The van der Waals surface area contributed by atoms with Crippen molar-refractivity contribution in [3.63, 3.8) is 0 Å². The molecule has 1 heterocycles. The topological polar surface area (TPSA) is 68.0 Å². The summed E-state index contributed by atoms with van der Waals surface area (Å²) in [6.07, 6.45) is 3.14. The third kappa shape index (κ3) is 3.69. The molecule has 1 aromatic carbocycles. The number of nitrogens with zero attached hydrogens (tertiary/aromatic N) is 1. The monoisotopic (exact) mass is 341 g/mol. The molecule has 2 aromatic rings. The van der Waals surface area contributed by atoms with Gasteiger partial charge in [-0.25, -0.2) is 0 Å². The summed E-state index contributed by atoms with van der Waals surface area (Å²) in [5.41, 5.74) is 8.32. The number of fused-ring (bicyclic) bond motifs is 1. The second-order valence-corrected chi connectivity index (χ2v) is 5.73. The van der Waals surface area contributed by atoms with E-state index >= 15 is 0 Å². The summed E-state index contributed by atoms with van der Waals surface area (Å²) in [4.78, 5) is 16.9. The van der Waals surface area contributed by atoms with E-state index in [9.17, 15) is 4.79 Å². The minimum atomic E-state index is -0.201. The van der Waals surface area contributed by atoms with Gasteiger partial charge in [-0.15, -0.1) is 24.8 Å². The van der Waals surface area contributed by atoms with E-state index in [1.54, 1.807) is 0 Å². The smallest absolute Gasteiger partial charge is 0.252 e. The number of aryl methyl sites for hydroxylation is 1. The number of para-hydroxylation sites is 1. The number of halogens is 2. The number of carbonyl (C=O) groups is 1. The number of carbonyl (C=O) groups excluding carboxylic acids is 1. The molecule has 1 aliphatic carbocycles. The molecule has 0 radical (unpaired) electrons. The summed E-state index contributed by atoms with van der Waals surface area (Å²) in [6, 6.07) is 9.54. The number of hydrogen-bond donors (Lipinski definition) is 2. The second-order valence-electron chi connectivity index (χ2n) is 5.73. The highest BCUT2D eigenvalue weighted by Gasteiger charge is 2.32. The predicted molar refractivity (Wildman–Crippen MR) is 94.1 cm³/mol.